The van der Waals surface area contributed by atoms with Gasteiger partial charge in [0.15, 0.2) is 0 Å². The fourth-order valence-corrected chi connectivity index (χ4v) is 2.39. The van der Waals surface area contributed by atoms with Crippen LogP contribution in [0.3, 0.4) is 0 Å². The van der Waals surface area contributed by atoms with E-state index in [9.17, 15) is 0 Å². The molecule has 1 saturated heterocycles. The number of likely N-dealkylation sites (N-methyl/N-ethyl adjacent to an activating group) is 1. The van der Waals surface area contributed by atoms with Crippen LogP contribution in [0.2, 0.25) is 0 Å². The van der Waals surface area contributed by atoms with Gasteiger partial charge in [0.05, 0.1) is 11.8 Å². The molecule has 5 heteroatoms. The molecule has 2 rings (SSSR count). The molecule has 20 heavy (non-hydrogen) atoms. The maximum atomic E-state index is 5.68. The quantitative estimate of drug-likeness (QED) is 0.793. The first-order chi connectivity index (χ1) is 9.69. The lowest BCUT2D eigenvalue weighted by Crippen LogP contribution is -2.32. The van der Waals surface area contributed by atoms with Crippen molar-refractivity contribution in [2.75, 3.05) is 31.1 Å². The van der Waals surface area contributed by atoms with Gasteiger partial charge >= 0.3 is 0 Å². The number of nitrogens with zero attached hydrogens (tertiary/aromatic N) is 2. The van der Waals surface area contributed by atoms with Crippen LogP contribution in [0.25, 0.3) is 0 Å². The number of oxazole rings is 1. The van der Waals surface area contributed by atoms with Crippen LogP contribution in [0.4, 0.5) is 6.01 Å². The van der Waals surface area contributed by atoms with E-state index in [-0.39, 0.29) is 0 Å². The SMILES string of the molecule is CCN(CC1CCCO1)c1nc(CNCC(C)C)co1. The van der Waals surface area contributed by atoms with Gasteiger partial charge < -0.3 is 19.4 Å². The number of nitrogens with one attached hydrogen (secondary N) is 1. The Labute approximate surface area is 121 Å². The van der Waals surface area contributed by atoms with Crippen molar-refractivity contribution >= 4 is 6.01 Å². The number of hydrogen-bond acceptors (Lipinski definition) is 5. The first-order valence-electron chi connectivity index (χ1n) is 7.70. The summed E-state index contributed by atoms with van der Waals surface area (Å²) in [7, 11) is 0. The first kappa shape index (κ1) is 15.3. The van der Waals surface area contributed by atoms with Crippen molar-refractivity contribution in [1.29, 1.82) is 0 Å². The van der Waals surface area contributed by atoms with E-state index < -0.39 is 0 Å². The van der Waals surface area contributed by atoms with Gasteiger partial charge in [-0.2, -0.15) is 4.98 Å². The predicted octanol–water partition coefficient (Wildman–Crippen LogP) is 2.43. The Kier molecular flexibility index (Phi) is 5.86. The minimum atomic E-state index is 0.323. The molecule has 1 unspecified atom stereocenters. The monoisotopic (exact) mass is 281 g/mol. The van der Waals surface area contributed by atoms with E-state index in [1.54, 1.807) is 6.26 Å². The van der Waals surface area contributed by atoms with Crippen LogP contribution in [0.1, 0.15) is 39.3 Å². The number of aromatic nitrogens is 1. The molecule has 2 heterocycles. The van der Waals surface area contributed by atoms with Crippen LogP contribution < -0.4 is 10.2 Å². The summed E-state index contributed by atoms with van der Waals surface area (Å²) in [5, 5.41) is 3.38. The van der Waals surface area contributed by atoms with Gasteiger partial charge in [-0.05, 0) is 32.2 Å². The Morgan fingerprint density at radius 1 is 1.50 bits per heavy atom. The second-order valence-electron chi connectivity index (χ2n) is 5.82. The Morgan fingerprint density at radius 3 is 3.00 bits per heavy atom. The van der Waals surface area contributed by atoms with E-state index in [0.717, 1.165) is 51.3 Å². The van der Waals surface area contributed by atoms with Gasteiger partial charge in [-0.3, -0.25) is 0 Å². The summed E-state index contributed by atoms with van der Waals surface area (Å²) in [6, 6.07) is 0.712. The number of anilines is 1. The van der Waals surface area contributed by atoms with Crippen molar-refractivity contribution in [3.05, 3.63) is 12.0 Å². The molecule has 0 amide bonds. The van der Waals surface area contributed by atoms with E-state index in [4.69, 9.17) is 9.15 Å². The van der Waals surface area contributed by atoms with Gasteiger partial charge in [-0.1, -0.05) is 13.8 Å². The zero-order chi connectivity index (χ0) is 14.4. The highest BCUT2D eigenvalue weighted by Gasteiger charge is 2.21. The normalized spacial score (nSPS) is 18.9. The molecule has 1 aliphatic heterocycles. The molecule has 1 aliphatic rings. The highest BCUT2D eigenvalue weighted by Crippen LogP contribution is 2.18. The van der Waals surface area contributed by atoms with Crippen LogP contribution in [0.15, 0.2) is 10.7 Å². The molecular formula is C15H27N3O2. The highest BCUT2D eigenvalue weighted by atomic mass is 16.5. The van der Waals surface area contributed by atoms with Crippen molar-refractivity contribution in [2.24, 2.45) is 5.92 Å². The van der Waals surface area contributed by atoms with Crippen LogP contribution in [0.5, 0.6) is 0 Å². The second-order valence-corrected chi connectivity index (χ2v) is 5.82. The molecule has 0 aromatic carbocycles. The number of ether oxygens (including phenoxy) is 1. The standard InChI is InChI=1S/C15H27N3O2/c1-4-18(10-14-6-5-7-19-14)15-17-13(11-20-15)9-16-8-12(2)3/h11-12,14,16H,4-10H2,1-3H3. The number of hydrogen-bond donors (Lipinski definition) is 1. The average molecular weight is 281 g/mol. The Morgan fingerprint density at radius 2 is 2.35 bits per heavy atom. The summed E-state index contributed by atoms with van der Waals surface area (Å²) >= 11 is 0. The molecule has 1 fully saturated rings. The zero-order valence-electron chi connectivity index (χ0n) is 12.9. The van der Waals surface area contributed by atoms with Crippen molar-refractivity contribution in [3.8, 4) is 0 Å². The van der Waals surface area contributed by atoms with Crippen LogP contribution >= 0.6 is 0 Å². The average Bonchev–Trinajstić information content (AvgIpc) is 3.06. The lowest BCUT2D eigenvalue weighted by molar-refractivity contribution is 0.115. The van der Waals surface area contributed by atoms with Gasteiger partial charge in [0.2, 0.25) is 0 Å². The fourth-order valence-electron chi connectivity index (χ4n) is 2.39. The van der Waals surface area contributed by atoms with Gasteiger partial charge in [-0.25, -0.2) is 0 Å². The van der Waals surface area contributed by atoms with Gasteiger partial charge in [-0.15, -0.1) is 0 Å². The van der Waals surface area contributed by atoms with Gasteiger partial charge in [0.25, 0.3) is 6.01 Å². The van der Waals surface area contributed by atoms with E-state index >= 15 is 0 Å². The summed E-state index contributed by atoms with van der Waals surface area (Å²) in [6.07, 6.45) is 4.38. The largest absolute Gasteiger partial charge is 0.432 e. The Hall–Kier alpha value is -1.07. The third kappa shape index (κ3) is 4.49. The molecule has 1 aromatic rings. The minimum Gasteiger partial charge on any atom is -0.432 e. The summed E-state index contributed by atoms with van der Waals surface area (Å²) in [4.78, 5) is 6.72. The summed E-state index contributed by atoms with van der Waals surface area (Å²) in [5.41, 5.74) is 0.964. The fraction of sp³-hybridized carbons (Fsp3) is 0.800. The molecule has 0 spiro atoms. The van der Waals surface area contributed by atoms with Crippen LogP contribution in [0, 0.1) is 5.92 Å². The highest BCUT2D eigenvalue weighted by molar-refractivity contribution is 5.27. The molecule has 0 aliphatic carbocycles. The van der Waals surface area contributed by atoms with E-state index in [1.165, 1.54) is 0 Å². The predicted molar refractivity (Wildman–Crippen MR) is 79.9 cm³/mol. The molecule has 114 valence electrons. The van der Waals surface area contributed by atoms with Crippen LogP contribution in [-0.4, -0.2) is 37.3 Å². The van der Waals surface area contributed by atoms with Crippen molar-refractivity contribution in [1.82, 2.24) is 10.3 Å². The summed E-state index contributed by atoms with van der Waals surface area (Å²) < 4.78 is 11.3. The molecule has 1 aromatic heterocycles. The molecule has 1 N–H and O–H groups in total. The maximum Gasteiger partial charge on any atom is 0.297 e. The van der Waals surface area contributed by atoms with Gasteiger partial charge in [0.1, 0.15) is 6.26 Å². The molecule has 0 saturated carbocycles. The lowest BCUT2D eigenvalue weighted by atomic mass is 10.2. The maximum absolute atomic E-state index is 5.68. The van der Waals surface area contributed by atoms with E-state index in [0.29, 0.717) is 18.0 Å². The Bertz CT molecular complexity index is 386. The lowest BCUT2D eigenvalue weighted by Gasteiger charge is -2.21. The first-order valence-corrected chi connectivity index (χ1v) is 7.70. The van der Waals surface area contributed by atoms with E-state index in [1.807, 2.05) is 0 Å². The minimum absolute atomic E-state index is 0.323. The second kappa shape index (κ2) is 7.64. The van der Waals surface area contributed by atoms with Crippen LogP contribution in [-0.2, 0) is 11.3 Å². The van der Waals surface area contributed by atoms with Crippen molar-refractivity contribution in [3.63, 3.8) is 0 Å². The topological polar surface area (TPSA) is 50.5 Å². The summed E-state index contributed by atoms with van der Waals surface area (Å²) in [5.74, 6) is 0.646. The summed E-state index contributed by atoms with van der Waals surface area (Å²) in [6.45, 7) is 10.9. The molecule has 0 radical (unpaired) electrons. The zero-order valence-corrected chi connectivity index (χ0v) is 12.9. The molecule has 1 atom stereocenters. The third-order valence-electron chi connectivity index (χ3n) is 3.50. The van der Waals surface area contributed by atoms with Gasteiger partial charge in [0, 0.05) is 26.2 Å². The third-order valence-corrected chi connectivity index (χ3v) is 3.50. The number of rotatable bonds is 8. The smallest absolute Gasteiger partial charge is 0.297 e. The van der Waals surface area contributed by atoms with E-state index in [2.05, 4.69) is 36.0 Å². The van der Waals surface area contributed by atoms with Crippen molar-refractivity contribution < 1.29 is 9.15 Å². The Balaban J connectivity index is 1.84. The molecule has 5 nitrogen and oxygen atoms in total. The molecular weight excluding hydrogens is 254 g/mol. The molecule has 0 bridgehead atoms. The van der Waals surface area contributed by atoms with Crippen molar-refractivity contribution in [2.45, 2.75) is 46.3 Å².